The Bertz CT molecular complexity index is 689. The van der Waals surface area contributed by atoms with Crippen molar-refractivity contribution >= 4 is 0 Å². The standard InChI is InChI=1S/C24H32N2O/c27-19-18-26-16-14-25(15-17-26)13-5-10-24-22-8-3-1-6-20(22)11-12-21-7-2-4-9-23(21)24/h1-4,6-9,24,27H,5,10-19H2. The van der Waals surface area contributed by atoms with Crippen LogP contribution in [-0.2, 0) is 12.8 Å². The highest BCUT2D eigenvalue weighted by Gasteiger charge is 2.23. The summed E-state index contributed by atoms with van der Waals surface area (Å²) in [4.78, 5) is 4.97. The maximum absolute atomic E-state index is 9.10. The zero-order valence-electron chi connectivity index (χ0n) is 16.3. The van der Waals surface area contributed by atoms with E-state index < -0.39 is 0 Å². The van der Waals surface area contributed by atoms with Crippen molar-refractivity contribution in [1.29, 1.82) is 0 Å². The molecule has 1 aliphatic carbocycles. The van der Waals surface area contributed by atoms with Gasteiger partial charge in [-0.2, -0.15) is 0 Å². The van der Waals surface area contributed by atoms with Crippen molar-refractivity contribution in [1.82, 2.24) is 9.80 Å². The first kappa shape index (κ1) is 18.7. The zero-order chi connectivity index (χ0) is 18.5. The first-order valence-electron chi connectivity index (χ1n) is 10.6. The molecule has 1 aliphatic heterocycles. The van der Waals surface area contributed by atoms with E-state index in [1.807, 2.05) is 0 Å². The number of nitrogens with zero attached hydrogens (tertiary/aromatic N) is 2. The van der Waals surface area contributed by atoms with Gasteiger partial charge in [0.15, 0.2) is 0 Å². The van der Waals surface area contributed by atoms with E-state index in [-0.39, 0.29) is 6.61 Å². The Kier molecular flexibility index (Phi) is 6.23. The van der Waals surface area contributed by atoms with Crippen LogP contribution in [0.5, 0.6) is 0 Å². The van der Waals surface area contributed by atoms with Crippen LogP contribution in [0.25, 0.3) is 0 Å². The van der Waals surface area contributed by atoms with Gasteiger partial charge in [0, 0.05) is 38.6 Å². The summed E-state index contributed by atoms with van der Waals surface area (Å²) in [5.41, 5.74) is 6.18. The molecule has 1 heterocycles. The van der Waals surface area contributed by atoms with Crippen molar-refractivity contribution in [3.8, 4) is 0 Å². The second-order valence-corrected chi connectivity index (χ2v) is 8.00. The number of aryl methyl sites for hydroxylation is 2. The number of fused-ring (bicyclic) bond motifs is 2. The number of aliphatic hydroxyl groups excluding tert-OH is 1. The molecule has 0 spiro atoms. The molecule has 2 aromatic carbocycles. The molecule has 0 amide bonds. The van der Waals surface area contributed by atoms with Gasteiger partial charge in [-0.3, -0.25) is 4.90 Å². The maximum Gasteiger partial charge on any atom is 0.0558 e. The topological polar surface area (TPSA) is 26.7 Å². The van der Waals surface area contributed by atoms with Crippen LogP contribution < -0.4 is 0 Å². The van der Waals surface area contributed by atoms with Gasteiger partial charge in [0.2, 0.25) is 0 Å². The van der Waals surface area contributed by atoms with Crippen LogP contribution in [0.3, 0.4) is 0 Å². The number of β-amino-alcohol motifs (C(OH)–C–C–N with tert-alkyl or cyclic N) is 1. The first-order valence-corrected chi connectivity index (χ1v) is 10.6. The van der Waals surface area contributed by atoms with Crippen molar-refractivity contribution in [2.24, 2.45) is 0 Å². The summed E-state index contributed by atoms with van der Waals surface area (Å²) < 4.78 is 0. The highest BCUT2D eigenvalue weighted by molar-refractivity contribution is 5.44. The highest BCUT2D eigenvalue weighted by atomic mass is 16.3. The normalized spacial score (nSPS) is 18.7. The Hall–Kier alpha value is -1.68. The predicted molar refractivity (Wildman–Crippen MR) is 111 cm³/mol. The second kappa shape index (κ2) is 9.01. The van der Waals surface area contributed by atoms with Gasteiger partial charge < -0.3 is 10.0 Å². The van der Waals surface area contributed by atoms with Crippen LogP contribution in [0.4, 0.5) is 0 Å². The quantitative estimate of drug-likeness (QED) is 0.852. The molecule has 2 aromatic rings. The Morgan fingerprint density at radius 2 is 1.26 bits per heavy atom. The second-order valence-electron chi connectivity index (χ2n) is 8.00. The molecule has 1 saturated heterocycles. The minimum Gasteiger partial charge on any atom is -0.395 e. The molecule has 0 unspecified atom stereocenters. The lowest BCUT2D eigenvalue weighted by Crippen LogP contribution is -2.47. The Labute approximate surface area is 163 Å². The van der Waals surface area contributed by atoms with Crippen LogP contribution in [0.15, 0.2) is 48.5 Å². The maximum atomic E-state index is 9.10. The minimum absolute atomic E-state index is 0.278. The lowest BCUT2D eigenvalue weighted by molar-refractivity contribution is 0.111. The van der Waals surface area contributed by atoms with E-state index in [1.165, 1.54) is 30.5 Å². The fraction of sp³-hybridized carbons (Fsp3) is 0.500. The lowest BCUT2D eigenvalue weighted by atomic mass is 9.85. The molecule has 2 aliphatic rings. The third-order valence-electron chi connectivity index (χ3n) is 6.37. The lowest BCUT2D eigenvalue weighted by Gasteiger charge is -2.34. The summed E-state index contributed by atoms with van der Waals surface area (Å²) in [6.07, 6.45) is 4.80. The molecule has 0 bridgehead atoms. The SMILES string of the molecule is OCCN1CCN(CCCC2c3ccccc3CCc3ccccc32)CC1. The number of piperazine rings is 1. The van der Waals surface area contributed by atoms with E-state index in [0.717, 1.165) is 45.6 Å². The van der Waals surface area contributed by atoms with Crippen LogP contribution in [0.1, 0.15) is 41.0 Å². The molecule has 0 saturated carbocycles. The average Bonchev–Trinajstić information content (AvgIpc) is 2.87. The van der Waals surface area contributed by atoms with Gasteiger partial charge >= 0.3 is 0 Å². The predicted octanol–water partition coefficient (Wildman–Crippen LogP) is 3.31. The molecule has 0 radical (unpaired) electrons. The van der Waals surface area contributed by atoms with Gasteiger partial charge in [-0.25, -0.2) is 0 Å². The van der Waals surface area contributed by atoms with E-state index >= 15 is 0 Å². The molecule has 3 nitrogen and oxygen atoms in total. The Morgan fingerprint density at radius 3 is 1.81 bits per heavy atom. The van der Waals surface area contributed by atoms with E-state index in [9.17, 15) is 0 Å². The average molecular weight is 365 g/mol. The minimum atomic E-state index is 0.278. The van der Waals surface area contributed by atoms with Gasteiger partial charge in [-0.1, -0.05) is 48.5 Å². The number of benzene rings is 2. The number of rotatable bonds is 6. The first-order chi connectivity index (χ1) is 13.3. The van der Waals surface area contributed by atoms with Crippen LogP contribution in [-0.4, -0.2) is 60.8 Å². The van der Waals surface area contributed by atoms with Crippen LogP contribution in [0.2, 0.25) is 0 Å². The van der Waals surface area contributed by atoms with Gasteiger partial charge in [0.1, 0.15) is 0 Å². The largest absolute Gasteiger partial charge is 0.395 e. The summed E-state index contributed by atoms with van der Waals surface area (Å²) >= 11 is 0. The van der Waals surface area contributed by atoms with Gasteiger partial charge in [-0.15, -0.1) is 0 Å². The third-order valence-corrected chi connectivity index (χ3v) is 6.37. The molecule has 1 fully saturated rings. The van der Waals surface area contributed by atoms with Crippen LogP contribution in [0, 0.1) is 0 Å². The molecule has 3 heteroatoms. The molecular weight excluding hydrogens is 332 g/mol. The molecule has 0 atom stereocenters. The van der Waals surface area contributed by atoms with Gasteiger partial charge in [0.05, 0.1) is 6.61 Å². The van der Waals surface area contributed by atoms with E-state index in [2.05, 4.69) is 58.3 Å². The molecule has 0 aromatic heterocycles. The van der Waals surface area contributed by atoms with Gasteiger partial charge in [0.25, 0.3) is 0 Å². The van der Waals surface area contributed by atoms with Gasteiger partial charge in [-0.05, 0) is 54.5 Å². The van der Waals surface area contributed by atoms with Crippen molar-refractivity contribution < 1.29 is 5.11 Å². The third kappa shape index (κ3) is 4.43. The molecule has 1 N–H and O–H groups in total. The van der Waals surface area contributed by atoms with E-state index in [1.54, 1.807) is 11.1 Å². The molecule has 144 valence electrons. The molecule has 4 rings (SSSR count). The van der Waals surface area contributed by atoms with Crippen molar-refractivity contribution in [2.75, 3.05) is 45.9 Å². The van der Waals surface area contributed by atoms with Crippen LogP contribution >= 0.6 is 0 Å². The number of hydrogen-bond acceptors (Lipinski definition) is 3. The Morgan fingerprint density at radius 1 is 0.741 bits per heavy atom. The summed E-state index contributed by atoms with van der Waals surface area (Å²) in [5, 5.41) is 9.10. The fourth-order valence-electron chi connectivity index (χ4n) is 4.85. The summed E-state index contributed by atoms with van der Waals surface area (Å²) in [6, 6.07) is 18.2. The smallest absolute Gasteiger partial charge is 0.0558 e. The van der Waals surface area contributed by atoms with Crippen molar-refractivity contribution in [2.45, 2.75) is 31.6 Å². The van der Waals surface area contributed by atoms with Crippen molar-refractivity contribution in [3.63, 3.8) is 0 Å². The highest BCUT2D eigenvalue weighted by Crippen LogP contribution is 2.37. The molecular formula is C24H32N2O. The monoisotopic (exact) mass is 364 g/mol. The van der Waals surface area contributed by atoms with Crippen molar-refractivity contribution in [3.05, 3.63) is 70.8 Å². The van der Waals surface area contributed by atoms with E-state index in [0.29, 0.717) is 5.92 Å². The summed E-state index contributed by atoms with van der Waals surface area (Å²) in [7, 11) is 0. The molecule has 27 heavy (non-hydrogen) atoms. The Balaban J connectivity index is 1.41. The number of hydrogen-bond donors (Lipinski definition) is 1. The zero-order valence-corrected chi connectivity index (χ0v) is 16.3. The summed E-state index contributed by atoms with van der Waals surface area (Å²) in [6.45, 7) is 6.75. The number of aliphatic hydroxyl groups is 1. The fourth-order valence-corrected chi connectivity index (χ4v) is 4.85. The van der Waals surface area contributed by atoms with E-state index in [4.69, 9.17) is 5.11 Å². The summed E-state index contributed by atoms with van der Waals surface area (Å²) in [5.74, 6) is 0.538.